The highest BCUT2D eigenvalue weighted by Gasteiger charge is 2.36. The number of likely N-dealkylation sites (N-methyl/N-ethyl adjacent to an activating group) is 1. The lowest BCUT2D eigenvalue weighted by Crippen LogP contribution is -2.47. The number of hydrogen-bond donors (Lipinski definition) is 4. The van der Waals surface area contributed by atoms with Crippen molar-refractivity contribution < 1.29 is 83.8 Å². The van der Waals surface area contributed by atoms with E-state index in [4.69, 9.17) is 143 Å². The van der Waals surface area contributed by atoms with E-state index in [1.54, 1.807) is 26.0 Å². The number of rotatable bonds is 16. The number of nitrogens with zero attached hydrogens (tertiary/aromatic N) is 5. The van der Waals surface area contributed by atoms with Crippen LogP contribution in [0.1, 0.15) is 54.1 Å². The quantitative estimate of drug-likeness (QED) is 0.0517. The molecule has 0 aliphatic carbocycles. The van der Waals surface area contributed by atoms with E-state index in [1.165, 1.54) is 85.7 Å². The lowest BCUT2D eigenvalue weighted by molar-refractivity contribution is 0.0730. The van der Waals surface area contributed by atoms with Crippen LogP contribution in [0.25, 0.3) is 0 Å². The lowest BCUT2D eigenvalue weighted by Gasteiger charge is -2.31. The van der Waals surface area contributed by atoms with Crippen LogP contribution >= 0.6 is 129 Å². The van der Waals surface area contributed by atoms with E-state index in [2.05, 4.69) is 21.3 Å². The number of sulfonamides is 4. The second kappa shape index (κ2) is 40.2. The van der Waals surface area contributed by atoms with Gasteiger partial charge in [0, 0.05) is 111 Å². The Morgan fingerprint density at radius 2 is 0.638 bits per heavy atom. The molecule has 0 aromatic heterocycles. The summed E-state index contributed by atoms with van der Waals surface area (Å²) >= 11 is 65.9. The highest BCUT2D eigenvalue weighted by Crippen LogP contribution is 2.38. The zero-order chi connectivity index (χ0) is 85.4. The van der Waals surface area contributed by atoms with Crippen molar-refractivity contribution in [2.75, 3.05) is 133 Å². The van der Waals surface area contributed by atoms with Gasteiger partial charge < -0.3 is 40.4 Å². The molecule has 116 heavy (non-hydrogen) atoms. The SMILES string of the molecule is Cc1c(F)cc(NC(=O)c2cc(S(=O)(=O)N3CCOCC3)c(Cl)cc2Cl)cc1F.Cc1cc(NC(=O)c2cc(S(=O)(=O)N3CCN(C)CC3)c(Cl)cc2Cl)cc(F)c1F.Cc1cc(NC(=S)c2cc(S(=O)(=O)N3CCOCC3)c(Cl)cc2Cl)cc(Cl)c1F.Cc1ccc(NC(=S)c2cc(S(=O)(=O)N3CCOCC3)c(Cl)cc2Cl)cc1F. The molecule has 624 valence electrons. The van der Waals surface area contributed by atoms with Crippen molar-refractivity contribution in [2.24, 2.45) is 0 Å². The van der Waals surface area contributed by atoms with Gasteiger partial charge >= 0.3 is 0 Å². The van der Waals surface area contributed by atoms with E-state index < -0.39 is 81.0 Å². The highest BCUT2D eigenvalue weighted by atomic mass is 35.5. The second-order valence-electron chi connectivity index (χ2n) is 25.8. The molecule has 4 aliphatic heterocycles. The minimum atomic E-state index is -3.99. The minimum Gasteiger partial charge on any atom is -0.379 e. The summed E-state index contributed by atoms with van der Waals surface area (Å²) in [5, 5.41) is 10.4. The fraction of sp³-hybridized carbons (Fsp3) is 0.288. The first-order chi connectivity index (χ1) is 54.4. The largest absolute Gasteiger partial charge is 0.379 e. The molecule has 0 saturated carbocycles. The first-order valence-corrected chi connectivity index (χ1v) is 44.2. The summed E-state index contributed by atoms with van der Waals surface area (Å²) in [6, 6.07) is 21.3. The summed E-state index contributed by atoms with van der Waals surface area (Å²) < 4.78 is 206. The van der Waals surface area contributed by atoms with E-state index in [-0.39, 0.29) is 191 Å². The Morgan fingerprint density at radius 3 is 0.991 bits per heavy atom. The van der Waals surface area contributed by atoms with Crippen molar-refractivity contribution in [2.45, 2.75) is 47.3 Å². The third-order valence-electron chi connectivity index (χ3n) is 17.8. The van der Waals surface area contributed by atoms with Gasteiger partial charge in [0.1, 0.15) is 52.8 Å². The number of morpholine rings is 3. The predicted molar refractivity (Wildman–Crippen MR) is 447 cm³/mol. The van der Waals surface area contributed by atoms with E-state index in [1.807, 2.05) is 11.9 Å². The summed E-state index contributed by atoms with van der Waals surface area (Å²) in [6.45, 7) is 10.5. The number of aryl methyl sites for hydroxylation is 3. The summed E-state index contributed by atoms with van der Waals surface area (Å²) in [5.74, 6) is -6.33. The Morgan fingerprint density at radius 1 is 0.336 bits per heavy atom. The van der Waals surface area contributed by atoms with Crippen LogP contribution in [0.3, 0.4) is 0 Å². The van der Waals surface area contributed by atoms with E-state index in [9.17, 15) is 69.6 Å². The number of carbonyl (C=O) groups excluding carboxylic acids is 2. The van der Waals surface area contributed by atoms with Crippen LogP contribution in [0, 0.1) is 62.6 Å². The molecule has 8 aromatic carbocycles. The average molecular weight is 1900 g/mol. The fourth-order valence-corrected chi connectivity index (χ4v) is 21.3. The number of piperazine rings is 1. The number of anilines is 4. The molecule has 4 N–H and O–H groups in total. The summed E-state index contributed by atoms with van der Waals surface area (Å²) in [6.07, 6.45) is 0. The monoisotopic (exact) mass is 1900 g/mol. The smallest absolute Gasteiger partial charge is 0.257 e. The molecule has 12 rings (SSSR count). The number of amides is 2. The molecular weight excluding hydrogens is 1840 g/mol. The zero-order valence-electron chi connectivity index (χ0n) is 61.3. The highest BCUT2D eigenvalue weighted by molar-refractivity contribution is 7.90. The number of carbonyl (C=O) groups is 2. The number of hydrogen-bond acceptors (Lipinski definition) is 16. The molecule has 22 nitrogen and oxygen atoms in total. The third kappa shape index (κ3) is 22.8. The van der Waals surface area contributed by atoms with Gasteiger partial charge in [0.05, 0.1) is 96.0 Å². The van der Waals surface area contributed by atoms with Gasteiger partial charge in [-0.15, -0.1) is 0 Å². The fourth-order valence-electron chi connectivity index (χ4n) is 11.3. The number of halogens is 15. The van der Waals surface area contributed by atoms with Gasteiger partial charge in [-0.1, -0.05) is 135 Å². The van der Waals surface area contributed by atoms with E-state index >= 15 is 0 Å². The average Bonchev–Trinajstić information content (AvgIpc) is 0.792. The molecule has 0 radical (unpaired) electrons. The van der Waals surface area contributed by atoms with Crippen LogP contribution in [0.2, 0.25) is 45.2 Å². The van der Waals surface area contributed by atoms with Crippen molar-refractivity contribution >= 4 is 213 Å². The van der Waals surface area contributed by atoms with Crippen LogP contribution in [0.4, 0.5) is 49.1 Å². The molecule has 0 bridgehead atoms. The number of ether oxygens (including phenoxy) is 3. The molecule has 0 atom stereocenters. The normalized spacial score (nSPS) is 15.5. The molecule has 4 aliphatic rings. The standard InChI is InChI=1S/C19H19Cl2F2N3O3S.C18H16Cl3FN2O3S2.C18H16Cl2F2N2O4S.C18H17Cl2FN2O3S2/c1-11-7-12(8-16(22)18(11)23)24-19(27)13-9-17(15(21)10-14(13)20)30(28,29)26-5-3-25(2)4-6-26;1-10-6-11(7-15(21)17(10)22)23-18(28)12-8-16(14(20)9-13(12)19)29(25,26)24-2-4-27-5-3-24;1-10-15(21)6-11(7-16(10)22)23-18(25)12-8-17(14(20)9-13(12)19)29(26,27)24-2-4-28-5-3-24;1-11-2-3-12(8-16(11)21)22-18(27)13-9-17(15(20)10-14(13)19)28(24,25)23-4-6-26-7-5-23/h7-10H,3-6H2,1-2H3,(H,24,27);6-9H,2-5H2,1H3,(H,23,28);6-9H,2-5H2,1H3,(H,23,25);2-3,8-10H,4-7H2,1H3,(H,22,27). The van der Waals surface area contributed by atoms with Crippen LogP contribution in [-0.4, -0.2) is 190 Å². The van der Waals surface area contributed by atoms with Crippen molar-refractivity contribution in [3.05, 3.63) is 228 Å². The Balaban J connectivity index is 0.000000177. The Labute approximate surface area is 721 Å². The maximum absolute atomic E-state index is 13.8. The van der Waals surface area contributed by atoms with Crippen LogP contribution in [0.15, 0.2) is 123 Å². The van der Waals surface area contributed by atoms with Crippen molar-refractivity contribution in [3.63, 3.8) is 0 Å². The number of nitrogens with one attached hydrogen (secondary N) is 4. The third-order valence-corrected chi connectivity index (χ3v) is 29.4. The Kier molecular flexibility index (Phi) is 32.6. The van der Waals surface area contributed by atoms with E-state index in [0.29, 0.717) is 62.0 Å². The van der Waals surface area contributed by atoms with Gasteiger partial charge in [-0.3, -0.25) is 9.59 Å². The van der Waals surface area contributed by atoms with Crippen LogP contribution in [0.5, 0.6) is 0 Å². The second-order valence-corrected chi connectivity index (χ2v) is 37.9. The first kappa shape index (κ1) is 94.0. The molecule has 43 heteroatoms. The minimum absolute atomic E-state index is 0.00409. The van der Waals surface area contributed by atoms with E-state index in [0.717, 1.165) is 36.4 Å². The van der Waals surface area contributed by atoms with Crippen molar-refractivity contribution in [3.8, 4) is 0 Å². The molecule has 8 aromatic rings. The Bertz CT molecular complexity index is 5400. The molecule has 4 heterocycles. The maximum atomic E-state index is 13.8. The number of thiocarbonyl (C=S) groups is 2. The first-order valence-electron chi connectivity index (χ1n) is 34.2. The number of benzene rings is 8. The zero-order valence-corrected chi connectivity index (χ0v) is 73.0. The Hall–Kier alpha value is -5.85. The maximum Gasteiger partial charge on any atom is 0.257 e. The van der Waals surface area contributed by atoms with Gasteiger partial charge in [-0.05, 0) is 142 Å². The topological polar surface area (TPSA) is 263 Å². The summed E-state index contributed by atoms with van der Waals surface area (Å²) in [7, 11) is -13.7. The molecular formula is C73H68Cl9F6N9O13S6. The van der Waals surface area contributed by atoms with Gasteiger partial charge in [-0.25, -0.2) is 60.0 Å². The molecule has 2 amide bonds. The molecule has 4 fully saturated rings. The van der Waals surface area contributed by atoms with Crippen molar-refractivity contribution in [1.29, 1.82) is 0 Å². The molecule has 4 saturated heterocycles. The van der Waals surface area contributed by atoms with Crippen molar-refractivity contribution in [1.82, 2.24) is 22.1 Å². The van der Waals surface area contributed by atoms with Crippen LogP contribution in [-0.2, 0) is 54.3 Å². The van der Waals surface area contributed by atoms with Crippen LogP contribution < -0.4 is 21.3 Å². The molecule has 0 unspecified atom stereocenters. The van der Waals surface area contributed by atoms with Gasteiger partial charge in [0.25, 0.3) is 11.8 Å². The summed E-state index contributed by atoms with van der Waals surface area (Å²) in [5.41, 5.74) is 1.59. The predicted octanol–water partition coefficient (Wildman–Crippen LogP) is 16.8. The van der Waals surface area contributed by atoms with Gasteiger partial charge in [-0.2, -0.15) is 17.2 Å². The van der Waals surface area contributed by atoms with Gasteiger partial charge in [0.15, 0.2) is 11.6 Å². The lowest BCUT2D eigenvalue weighted by atomic mass is 10.1. The summed E-state index contributed by atoms with van der Waals surface area (Å²) in [4.78, 5) is 26.9. The van der Waals surface area contributed by atoms with Gasteiger partial charge in [0.2, 0.25) is 40.1 Å². The molecule has 0 spiro atoms.